The minimum atomic E-state index is -0.184. The number of hydrogen-bond acceptors (Lipinski definition) is 7. The number of hydrogen-bond donors (Lipinski definition) is 1. The molecule has 0 spiro atoms. The van der Waals surface area contributed by atoms with Crippen molar-refractivity contribution in [1.82, 2.24) is 20.3 Å². The molecule has 8 heteroatoms. The number of benzene rings is 1. The lowest BCUT2D eigenvalue weighted by atomic mass is 10.2. The number of carbonyl (C=O) groups excluding carboxylic acids is 1. The molecule has 6 nitrogen and oxygen atoms in total. The van der Waals surface area contributed by atoms with Crippen LogP contribution in [0, 0.1) is 6.92 Å². The second kappa shape index (κ2) is 7.89. The van der Waals surface area contributed by atoms with Crippen molar-refractivity contribution in [2.45, 2.75) is 24.4 Å². The zero-order valence-corrected chi connectivity index (χ0v) is 16.1. The van der Waals surface area contributed by atoms with Crippen LogP contribution in [0.15, 0.2) is 57.7 Å². The van der Waals surface area contributed by atoms with E-state index in [9.17, 15) is 4.79 Å². The standard InChI is InChI=1S/C19H16N4O2S2/c1-12-3-2-4-15-17(12)23-19(25-15)27-11-16-22-14(10-26-16)18(24)21-9-13-5-7-20-8-6-13/h2-8,10H,9,11H2,1H3,(H,21,24). The fourth-order valence-electron chi connectivity index (χ4n) is 2.51. The van der Waals surface area contributed by atoms with Crippen LogP contribution in [0.3, 0.4) is 0 Å². The SMILES string of the molecule is Cc1cccc2oc(SCc3nc(C(=O)NCc4ccncc4)cs3)nc12. The molecule has 3 heterocycles. The fraction of sp³-hybridized carbons (Fsp3) is 0.158. The minimum Gasteiger partial charge on any atom is -0.431 e. The van der Waals surface area contributed by atoms with E-state index < -0.39 is 0 Å². The van der Waals surface area contributed by atoms with E-state index in [0.717, 1.165) is 27.2 Å². The van der Waals surface area contributed by atoms with E-state index in [1.165, 1.54) is 23.1 Å². The molecule has 0 radical (unpaired) electrons. The molecule has 0 aliphatic rings. The number of carbonyl (C=O) groups is 1. The highest BCUT2D eigenvalue weighted by Gasteiger charge is 2.13. The molecule has 1 aromatic carbocycles. The van der Waals surface area contributed by atoms with Crippen molar-refractivity contribution in [3.63, 3.8) is 0 Å². The zero-order valence-electron chi connectivity index (χ0n) is 14.5. The lowest BCUT2D eigenvalue weighted by Gasteiger charge is -2.02. The topological polar surface area (TPSA) is 80.9 Å². The zero-order chi connectivity index (χ0) is 18.6. The first-order valence-electron chi connectivity index (χ1n) is 8.29. The number of aryl methyl sites for hydroxylation is 1. The first kappa shape index (κ1) is 17.7. The molecule has 0 atom stereocenters. The van der Waals surface area contributed by atoms with Gasteiger partial charge in [-0.05, 0) is 36.2 Å². The van der Waals surface area contributed by atoms with Gasteiger partial charge in [0.25, 0.3) is 11.1 Å². The molecule has 1 N–H and O–H groups in total. The van der Waals surface area contributed by atoms with Crippen LogP contribution < -0.4 is 5.32 Å². The van der Waals surface area contributed by atoms with Gasteiger partial charge in [0.1, 0.15) is 16.2 Å². The smallest absolute Gasteiger partial charge is 0.271 e. The number of pyridine rings is 1. The average molecular weight is 396 g/mol. The number of rotatable bonds is 6. The Morgan fingerprint density at radius 1 is 1.22 bits per heavy atom. The Kier molecular flexibility index (Phi) is 5.17. The fourth-order valence-corrected chi connectivity index (χ4v) is 4.13. The Hall–Kier alpha value is -2.71. The van der Waals surface area contributed by atoms with Crippen LogP contribution in [0.1, 0.15) is 26.6 Å². The molecule has 0 bridgehead atoms. The van der Waals surface area contributed by atoms with Crippen LogP contribution in [0.25, 0.3) is 11.1 Å². The van der Waals surface area contributed by atoms with E-state index in [4.69, 9.17) is 4.42 Å². The Labute approximate surface area is 164 Å². The van der Waals surface area contributed by atoms with Gasteiger partial charge in [-0.1, -0.05) is 23.9 Å². The van der Waals surface area contributed by atoms with E-state index in [1.54, 1.807) is 17.8 Å². The number of para-hydroxylation sites is 1. The summed E-state index contributed by atoms with van der Waals surface area (Å²) in [5.41, 5.74) is 4.18. The number of oxazole rings is 1. The molecule has 27 heavy (non-hydrogen) atoms. The summed E-state index contributed by atoms with van der Waals surface area (Å²) in [6.45, 7) is 2.46. The molecule has 0 aliphatic heterocycles. The predicted octanol–water partition coefficient (Wildman–Crippen LogP) is 4.21. The number of nitrogens with one attached hydrogen (secondary N) is 1. The summed E-state index contributed by atoms with van der Waals surface area (Å²) in [5.74, 6) is 0.422. The molecular formula is C19H16N4O2S2. The molecule has 3 aromatic heterocycles. The number of amides is 1. The maximum absolute atomic E-state index is 12.2. The lowest BCUT2D eigenvalue weighted by molar-refractivity contribution is 0.0946. The molecule has 136 valence electrons. The first-order chi connectivity index (χ1) is 13.2. The second-order valence-electron chi connectivity index (χ2n) is 5.85. The van der Waals surface area contributed by atoms with Gasteiger partial charge in [-0.25, -0.2) is 9.97 Å². The first-order valence-corrected chi connectivity index (χ1v) is 10.2. The summed E-state index contributed by atoms with van der Waals surface area (Å²) in [6, 6.07) is 9.61. The van der Waals surface area contributed by atoms with E-state index in [2.05, 4.69) is 20.3 Å². The summed E-state index contributed by atoms with van der Waals surface area (Å²) >= 11 is 2.93. The van der Waals surface area contributed by atoms with Gasteiger partial charge in [0.05, 0.1) is 5.75 Å². The van der Waals surface area contributed by atoms with E-state index >= 15 is 0 Å². The second-order valence-corrected chi connectivity index (χ2v) is 7.72. The van der Waals surface area contributed by atoms with Gasteiger partial charge in [-0.2, -0.15) is 0 Å². The third-order valence-electron chi connectivity index (χ3n) is 3.91. The average Bonchev–Trinajstić information content (AvgIpc) is 3.33. The van der Waals surface area contributed by atoms with Gasteiger partial charge >= 0.3 is 0 Å². The maximum Gasteiger partial charge on any atom is 0.271 e. The third kappa shape index (κ3) is 4.17. The molecule has 1 amide bonds. The Morgan fingerprint density at radius 3 is 2.89 bits per heavy atom. The van der Waals surface area contributed by atoms with Gasteiger partial charge in [-0.15, -0.1) is 11.3 Å². The molecule has 0 saturated heterocycles. The van der Waals surface area contributed by atoms with Crippen molar-refractivity contribution in [2.75, 3.05) is 0 Å². The number of thiazole rings is 1. The highest BCUT2D eigenvalue weighted by atomic mass is 32.2. The van der Waals surface area contributed by atoms with Crippen molar-refractivity contribution >= 4 is 40.1 Å². The summed E-state index contributed by atoms with van der Waals surface area (Å²) in [6.07, 6.45) is 3.40. The predicted molar refractivity (Wildman–Crippen MR) is 106 cm³/mol. The van der Waals surface area contributed by atoms with Crippen molar-refractivity contribution in [3.05, 3.63) is 69.9 Å². The molecular weight excluding hydrogens is 380 g/mol. The van der Waals surface area contributed by atoms with E-state index in [0.29, 0.717) is 23.2 Å². The van der Waals surface area contributed by atoms with Crippen molar-refractivity contribution in [2.24, 2.45) is 0 Å². The summed E-state index contributed by atoms with van der Waals surface area (Å²) < 4.78 is 5.76. The highest BCUT2D eigenvalue weighted by Crippen LogP contribution is 2.28. The van der Waals surface area contributed by atoms with Gasteiger partial charge in [0.15, 0.2) is 5.58 Å². The van der Waals surface area contributed by atoms with Crippen molar-refractivity contribution in [1.29, 1.82) is 0 Å². The van der Waals surface area contributed by atoms with Gasteiger partial charge in [-0.3, -0.25) is 9.78 Å². The lowest BCUT2D eigenvalue weighted by Crippen LogP contribution is -2.23. The quantitative estimate of drug-likeness (QED) is 0.492. The third-order valence-corrected chi connectivity index (χ3v) is 5.78. The van der Waals surface area contributed by atoms with Crippen LogP contribution >= 0.6 is 23.1 Å². The number of thioether (sulfide) groups is 1. The molecule has 0 unspecified atom stereocenters. The van der Waals surface area contributed by atoms with E-state index in [1.807, 2.05) is 37.3 Å². The maximum atomic E-state index is 12.2. The largest absolute Gasteiger partial charge is 0.431 e. The minimum absolute atomic E-state index is 0.184. The monoisotopic (exact) mass is 396 g/mol. The van der Waals surface area contributed by atoms with Crippen LogP contribution in [0.5, 0.6) is 0 Å². The molecule has 4 rings (SSSR count). The molecule has 0 aliphatic carbocycles. The van der Waals surface area contributed by atoms with Crippen LogP contribution in [0.4, 0.5) is 0 Å². The van der Waals surface area contributed by atoms with Crippen molar-refractivity contribution in [3.8, 4) is 0 Å². The van der Waals surface area contributed by atoms with Gasteiger partial charge < -0.3 is 9.73 Å². The van der Waals surface area contributed by atoms with Crippen LogP contribution in [-0.2, 0) is 12.3 Å². The number of nitrogens with zero attached hydrogens (tertiary/aromatic N) is 3. The van der Waals surface area contributed by atoms with Gasteiger partial charge in [0.2, 0.25) is 0 Å². The van der Waals surface area contributed by atoms with Gasteiger partial charge in [0, 0.05) is 24.3 Å². The van der Waals surface area contributed by atoms with Crippen LogP contribution in [0.2, 0.25) is 0 Å². The Balaban J connectivity index is 1.36. The number of fused-ring (bicyclic) bond motifs is 1. The van der Waals surface area contributed by atoms with E-state index in [-0.39, 0.29) is 5.91 Å². The van der Waals surface area contributed by atoms with Crippen molar-refractivity contribution < 1.29 is 9.21 Å². The molecule has 0 fully saturated rings. The highest BCUT2D eigenvalue weighted by molar-refractivity contribution is 7.98. The summed E-state index contributed by atoms with van der Waals surface area (Å²) in [5, 5.41) is 6.10. The normalized spacial score (nSPS) is 11.0. The Morgan fingerprint density at radius 2 is 2.07 bits per heavy atom. The molecule has 0 saturated carbocycles. The Bertz CT molecular complexity index is 1080. The van der Waals surface area contributed by atoms with Crippen LogP contribution in [-0.4, -0.2) is 20.9 Å². The number of aromatic nitrogens is 3. The summed E-state index contributed by atoms with van der Waals surface area (Å²) in [7, 11) is 0. The summed E-state index contributed by atoms with van der Waals surface area (Å²) in [4.78, 5) is 25.1. The molecule has 4 aromatic rings.